The van der Waals surface area contributed by atoms with Crippen LogP contribution in [0.3, 0.4) is 0 Å². The molecule has 0 unspecified atom stereocenters. The molecule has 2 fully saturated rings. The molecule has 3 aliphatic rings. The molecule has 6 rings (SSSR count). The molecule has 2 aromatic carbocycles. The minimum Gasteiger partial charge on any atom is -0.337 e. The predicted molar refractivity (Wildman–Crippen MR) is 110 cm³/mol. The number of hydrogen-bond acceptors (Lipinski definition) is 5. The fraction of sp³-hybridized carbons (Fsp3) is 0.261. The maximum absolute atomic E-state index is 14.4. The Morgan fingerprint density at radius 2 is 2.09 bits per heavy atom. The smallest absolute Gasteiger partial charge is 0.291 e. The summed E-state index contributed by atoms with van der Waals surface area (Å²) >= 11 is 0. The molecule has 2 saturated carbocycles. The second kappa shape index (κ2) is 6.45. The number of hydrogen-bond donors (Lipinski definition) is 3. The third kappa shape index (κ3) is 2.78. The van der Waals surface area contributed by atoms with Gasteiger partial charge in [0.2, 0.25) is 11.7 Å². The van der Waals surface area contributed by atoms with E-state index in [0.717, 1.165) is 11.6 Å². The average molecular weight is 446 g/mol. The molecule has 3 N–H and O–H groups in total. The Kier molecular flexibility index (Phi) is 3.82. The molecular weight excluding hydrogens is 430 g/mol. The lowest BCUT2D eigenvalue weighted by Gasteiger charge is -2.21. The lowest BCUT2D eigenvalue weighted by Crippen LogP contribution is -2.47. The van der Waals surface area contributed by atoms with Crippen LogP contribution in [0.25, 0.3) is 0 Å². The van der Waals surface area contributed by atoms with Gasteiger partial charge in [0.15, 0.2) is 0 Å². The maximum Gasteiger partial charge on any atom is 0.291 e. The van der Waals surface area contributed by atoms with Crippen molar-refractivity contribution in [3.05, 3.63) is 76.4 Å². The van der Waals surface area contributed by atoms with E-state index in [4.69, 9.17) is 5.26 Å². The highest BCUT2D eigenvalue weighted by Gasteiger charge is 2.88. The molecule has 10 heteroatoms. The lowest BCUT2D eigenvalue weighted by molar-refractivity contribution is -0.119. The standard InChI is InChI=1S/C23H16F2N6O2/c24-13-6-14-17(15(25)7-13)28-20(32)18(23-9-22(14,23)10-23)29-21(33)19-27-16(30-31-19)5-11-2-1-3-12(4-11)8-26/h1-4,6-7,18H,5,9-10H2,(H,28,32)(H,29,33)(H,27,30,31)/t18-,22?,23?/m1/s1. The number of halogens is 2. The third-order valence-electron chi connectivity index (χ3n) is 7.01. The maximum atomic E-state index is 14.4. The summed E-state index contributed by atoms with van der Waals surface area (Å²) < 4.78 is 28.2. The van der Waals surface area contributed by atoms with E-state index in [9.17, 15) is 18.4 Å². The summed E-state index contributed by atoms with van der Waals surface area (Å²) in [6.45, 7) is 0. The number of carbonyl (C=O) groups is 2. The van der Waals surface area contributed by atoms with Gasteiger partial charge in [0.25, 0.3) is 5.91 Å². The molecule has 8 nitrogen and oxygen atoms in total. The molecule has 1 atom stereocenters. The molecule has 164 valence electrons. The highest BCUT2D eigenvalue weighted by atomic mass is 19.1. The number of rotatable bonds is 4. The zero-order valence-electron chi connectivity index (χ0n) is 17.1. The zero-order chi connectivity index (χ0) is 23.0. The van der Waals surface area contributed by atoms with E-state index >= 15 is 0 Å². The molecule has 0 bridgehead atoms. The number of aromatic nitrogens is 3. The highest BCUT2D eigenvalue weighted by Crippen LogP contribution is 2.88. The van der Waals surface area contributed by atoms with Crippen molar-refractivity contribution in [1.82, 2.24) is 20.5 Å². The Bertz CT molecular complexity index is 1400. The van der Waals surface area contributed by atoms with Crippen molar-refractivity contribution in [2.45, 2.75) is 30.7 Å². The van der Waals surface area contributed by atoms with Gasteiger partial charge in [0.05, 0.1) is 17.3 Å². The topological polar surface area (TPSA) is 124 Å². The number of aromatic amines is 1. The van der Waals surface area contributed by atoms with Crippen molar-refractivity contribution in [3.63, 3.8) is 0 Å². The third-order valence-corrected chi connectivity index (χ3v) is 7.01. The molecular formula is C23H16F2N6O2. The summed E-state index contributed by atoms with van der Waals surface area (Å²) in [6, 6.07) is 10.2. The second-order valence-electron chi connectivity index (χ2n) is 8.89. The van der Waals surface area contributed by atoms with E-state index in [2.05, 4.69) is 31.9 Å². The number of H-pyrrole nitrogens is 1. The first-order valence-electron chi connectivity index (χ1n) is 10.4. The Morgan fingerprint density at radius 1 is 1.27 bits per heavy atom. The van der Waals surface area contributed by atoms with Gasteiger partial charge >= 0.3 is 0 Å². The van der Waals surface area contributed by atoms with E-state index in [1.54, 1.807) is 18.2 Å². The van der Waals surface area contributed by atoms with Crippen LogP contribution in [0.2, 0.25) is 0 Å². The summed E-state index contributed by atoms with van der Waals surface area (Å²) in [5, 5.41) is 20.9. The van der Waals surface area contributed by atoms with Crippen molar-refractivity contribution in [1.29, 1.82) is 5.26 Å². The summed E-state index contributed by atoms with van der Waals surface area (Å²) in [5.74, 6) is -2.41. The van der Waals surface area contributed by atoms with E-state index in [-0.39, 0.29) is 11.5 Å². The minimum atomic E-state index is -0.908. The molecule has 0 saturated heterocycles. The minimum absolute atomic E-state index is 0.0164. The van der Waals surface area contributed by atoms with Crippen molar-refractivity contribution in [2.75, 3.05) is 5.32 Å². The van der Waals surface area contributed by atoms with Crippen molar-refractivity contribution in [2.24, 2.45) is 5.41 Å². The Balaban J connectivity index is 1.22. The van der Waals surface area contributed by atoms with Gasteiger partial charge in [0, 0.05) is 23.3 Å². The molecule has 33 heavy (non-hydrogen) atoms. The van der Waals surface area contributed by atoms with Crippen LogP contribution in [-0.4, -0.2) is 33.0 Å². The number of benzene rings is 2. The molecule has 2 heterocycles. The molecule has 0 spiro atoms. The fourth-order valence-corrected chi connectivity index (χ4v) is 5.22. The Labute approximate surface area is 186 Å². The van der Waals surface area contributed by atoms with Crippen LogP contribution < -0.4 is 10.6 Å². The van der Waals surface area contributed by atoms with E-state index < -0.39 is 40.3 Å². The molecule has 1 aliphatic heterocycles. The fourth-order valence-electron chi connectivity index (χ4n) is 5.22. The van der Waals surface area contributed by atoms with Crippen molar-refractivity contribution in [3.8, 4) is 6.07 Å². The summed E-state index contributed by atoms with van der Waals surface area (Å²) in [6.07, 6.45) is 1.48. The second-order valence-corrected chi connectivity index (χ2v) is 8.89. The monoisotopic (exact) mass is 446 g/mol. The lowest BCUT2D eigenvalue weighted by atomic mass is 9.99. The van der Waals surface area contributed by atoms with Gasteiger partial charge < -0.3 is 10.6 Å². The number of nitriles is 1. The van der Waals surface area contributed by atoms with Gasteiger partial charge in [-0.05, 0) is 42.2 Å². The largest absolute Gasteiger partial charge is 0.337 e. The summed E-state index contributed by atoms with van der Waals surface area (Å²) in [5.41, 5.74) is 0.723. The number of nitrogens with one attached hydrogen (secondary N) is 3. The zero-order valence-corrected chi connectivity index (χ0v) is 17.1. The SMILES string of the molecule is N#Cc1cccc(Cc2nc(C(=O)N[C@@H]3C(=O)Nc4c(F)cc(F)cc4C45CC34C5)n[nH]2)c1. The number of fused-ring (bicyclic) bond motifs is 1. The van der Waals surface area contributed by atoms with Gasteiger partial charge in [-0.2, -0.15) is 5.26 Å². The van der Waals surface area contributed by atoms with Crippen LogP contribution in [0.4, 0.5) is 14.5 Å². The first-order chi connectivity index (χ1) is 15.8. The molecule has 2 aliphatic carbocycles. The number of anilines is 1. The van der Waals surface area contributed by atoms with Crippen LogP contribution in [-0.2, 0) is 16.6 Å². The number of amides is 2. The number of carbonyl (C=O) groups excluding carboxylic acids is 2. The van der Waals surface area contributed by atoms with Crippen LogP contribution >= 0.6 is 0 Å². The molecule has 2 amide bonds. The van der Waals surface area contributed by atoms with Gasteiger partial charge in [-0.25, -0.2) is 13.8 Å². The van der Waals surface area contributed by atoms with Gasteiger partial charge in [-0.3, -0.25) is 14.7 Å². The van der Waals surface area contributed by atoms with Crippen molar-refractivity contribution < 1.29 is 18.4 Å². The van der Waals surface area contributed by atoms with E-state index in [1.165, 1.54) is 6.07 Å². The Morgan fingerprint density at radius 3 is 2.88 bits per heavy atom. The van der Waals surface area contributed by atoms with Crippen molar-refractivity contribution >= 4 is 17.5 Å². The predicted octanol–water partition coefficient (Wildman–Crippen LogP) is 2.33. The summed E-state index contributed by atoms with van der Waals surface area (Å²) in [7, 11) is 0. The van der Waals surface area contributed by atoms with Crippen LogP contribution in [0.1, 0.15) is 46.0 Å². The molecule has 3 aromatic rings. The quantitative estimate of drug-likeness (QED) is 0.568. The highest BCUT2D eigenvalue weighted by molar-refractivity contribution is 6.04. The normalized spacial score (nSPS) is 26.1. The first kappa shape index (κ1) is 19.5. The van der Waals surface area contributed by atoms with E-state index in [1.807, 2.05) is 6.07 Å². The van der Waals surface area contributed by atoms with E-state index in [0.29, 0.717) is 36.2 Å². The number of nitrogens with zero attached hydrogens (tertiary/aromatic N) is 3. The van der Waals surface area contributed by atoms with Crippen LogP contribution in [0.5, 0.6) is 0 Å². The summed E-state index contributed by atoms with van der Waals surface area (Å²) in [4.78, 5) is 29.9. The van der Waals surface area contributed by atoms with Gasteiger partial charge in [-0.1, -0.05) is 12.1 Å². The Hall–Kier alpha value is -4.13. The van der Waals surface area contributed by atoms with Gasteiger partial charge in [-0.15, -0.1) is 5.10 Å². The average Bonchev–Trinajstić information content (AvgIpc) is 3.55. The van der Waals surface area contributed by atoms with Crippen LogP contribution in [0, 0.1) is 28.4 Å². The molecule has 0 radical (unpaired) electrons. The molecule has 1 aromatic heterocycles. The van der Waals surface area contributed by atoms with Gasteiger partial charge in [0.1, 0.15) is 23.5 Å². The first-order valence-corrected chi connectivity index (χ1v) is 10.4. The van der Waals surface area contributed by atoms with Crippen LogP contribution in [0.15, 0.2) is 36.4 Å².